The summed E-state index contributed by atoms with van der Waals surface area (Å²) in [5, 5.41) is 18.1. The van der Waals surface area contributed by atoms with Gasteiger partial charge in [-0.2, -0.15) is 0 Å². The molecule has 0 amide bonds. The largest absolute Gasteiger partial charge is 0.392 e. The van der Waals surface area contributed by atoms with Gasteiger partial charge in [0.15, 0.2) is 0 Å². The first-order valence-electron chi connectivity index (χ1n) is 4.33. The number of aliphatic hydroxyl groups is 2. The summed E-state index contributed by atoms with van der Waals surface area (Å²) < 4.78 is 0. The van der Waals surface area contributed by atoms with Gasteiger partial charge in [-0.1, -0.05) is 42.5 Å². The van der Waals surface area contributed by atoms with Crippen LogP contribution in [-0.2, 0) is 0 Å². The van der Waals surface area contributed by atoms with Crippen LogP contribution in [0, 0.1) is 0 Å². The second kappa shape index (κ2) is 5.51. The van der Waals surface area contributed by atoms with Crippen molar-refractivity contribution >= 4 is 0 Å². The Kier molecular flexibility index (Phi) is 4.23. The Balaban J connectivity index is 2.49. The fraction of sp³-hybridized carbons (Fsp3) is 0.273. The van der Waals surface area contributed by atoms with Gasteiger partial charge in [-0.3, -0.25) is 0 Å². The Morgan fingerprint density at radius 3 is 2.46 bits per heavy atom. The van der Waals surface area contributed by atoms with Crippen LogP contribution in [0.1, 0.15) is 18.1 Å². The zero-order valence-electron chi connectivity index (χ0n) is 7.43. The monoisotopic (exact) mass is 178 g/mol. The summed E-state index contributed by atoms with van der Waals surface area (Å²) >= 11 is 0. The Hall–Kier alpha value is -1.12. The van der Waals surface area contributed by atoms with Crippen LogP contribution in [0.2, 0.25) is 0 Å². The molecule has 70 valence electrons. The van der Waals surface area contributed by atoms with E-state index in [1.807, 2.05) is 30.3 Å². The molecule has 0 aliphatic heterocycles. The van der Waals surface area contributed by atoms with Gasteiger partial charge in [-0.25, -0.2) is 0 Å². The molecule has 0 aliphatic rings. The van der Waals surface area contributed by atoms with Crippen molar-refractivity contribution in [3.63, 3.8) is 0 Å². The molecule has 0 fully saturated rings. The lowest BCUT2D eigenvalue weighted by atomic mass is 10.1. The molecule has 2 heteroatoms. The van der Waals surface area contributed by atoms with E-state index in [2.05, 4.69) is 0 Å². The minimum absolute atomic E-state index is 0.0293. The summed E-state index contributed by atoms with van der Waals surface area (Å²) in [6.45, 7) is 0.0293. The molecule has 0 aliphatic carbocycles. The van der Waals surface area contributed by atoms with Crippen molar-refractivity contribution in [1.29, 1.82) is 0 Å². The van der Waals surface area contributed by atoms with E-state index in [1.54, 1.807) is 12.2 Å². The number of hydrogen-bond acceptors (Lipinski definition) is 2. The third-order valence-electron chi connectivity index (χ3n) is 1.82. The highest BCUT2D eigenvalue weighted by molar-refractivity contribution is 5.17. The molecule has 1 rings (SSSR count). The average Bonchev–Trinajstić information content (AvgIpc) is 2.19. The number of hydrogen-bond donors (Lipinski definition) is 2. The molecule has 0 bridgehead atoms. The topological polar surface area (TPSA) is 40.5 Å². The molecular formula is C11H14O2. The van der Waals surface area contributed by atoms with Crippen LogP contribution in [-0.4, -0.2) is 16.8 Å². The van der Waals surface area contributed by atoms with Gasteiger partial charge in [0.2, 0.25) is 0 Å². The first-order chi connectivity index (χ1) is 6.34. The van der Waals surface area contributed by atoms with Crippen molar-refractivity contribution in [2.75, 3.05) is 6.61 Å². The SMILES string of the molecule is OC/C=C\C[C@H](O)c1ccccc1. The molecule has 1 aromatic carbocycles. The van der Waals surface area contributed by atoms with Crippen molar-refractivity contribution in [1.82, 2.24) is 0 Å². The molecule has 0 radical (unpaired) electrons. The molecule has 0 spiro atoms. The predicted molar refractivity (Wildman–Crippen MR) is 52.2 cm³/mol. The van der Waals surface area contributed by atoms with E-state index in [1.165, 1.54) is 0 Å². The van der Waals surface area contributed by atoms with Gasteiger partial charge in [-0.15, -0.1) is 0 Å². The van der Waals surface area contributed by atoms with Crippen LogP contribution in [0.3, 0.4) is 0 Å². The highest BCUT2D eigenvalue weighted by Crippen LogP contribution is 2.15. The standard InChI is InChI=1S/C11H14O2/c12-9-5-4-8-11(13)10-6-2-1-3-7-10/h1-7,11-13H,8-9H2/b5-4-/t11-/m0/s1. The molecule has 0 aromatic heterocycles. The molecule has 2 N–H and O–H groups in total. The molecule has 1 aromatic rings. The van der Waals surface area contributed by atoms with E-state index in [-0.39, 0.29) is 6.61 Å². The van der Waals surface area contributed by atoms with E-state index >= 15 is 0 Å². The number of aliphatic hydroxyl groups excluding tert-OH is 2. The average molecular weight is 178 g/mol. The normalized spacial score (nSPS) is 13.4. The van der Waals surface area contributed by atoms with E-state index < -0.39 is 6.10 Å². The van der Waals surface area contributed by atoms with Crippen LogP contribution >= 0.6 is 0 Å². The zero-order chi connectivity index (χ0) is 9.52. The summed E-state index contributed by atoms with van der Waals surface area (Å²) in [4.78, 5) is 0. The van der Waals surface area contributed by atoms with Crippen LogP contribution in [0.15, 0.2) is 42.5 Å². The third kappa shape index (κ3) is 3.40. The quantitative estimate of drug-likeness (QED) is 0.688. The molecule has 1 atom stereocenters. The van der Waals surface area contributed by atoms with Crippen LogP contribution in [0.5, 0.6) is 0 Å². The van der Waals surface area contributed by atoms with Crippen molar-refractivity contribution < 1.29 is 10.2 Å². The molecule has 0 heterocycles. The maximum absolute atomic E-state index is 9.61. The van der Waals surface area contributed by atoms with Crippen molar-refractivity contribution in [2.24, 2.45) is 0 Å². The van der Waals surface area contributed by atoms with Crippen LogP contribution < -0.4 is 0 Å². The lowest BCUT2D eigenvalue weighted by Gasteiger charge is -2.06. The van der Waals surface area contributed by atoms with Gasteiger partial charge in [0.1, 0.15) is 0 Å². The zero-order valence-corrected chi connectivity index (χ0v) is 7.43. The van der Waals surface area contributed by atoms with Gasteiger partial charge < -0.3 is 10.2 Å². The Labute approximate surface area is 78.2 Å². The van der Waals surface area contributed by atoms with Crippen molar-refractivity contribution in [3.8, 4) is 0 Å². The van der Waals surface area contributed by atoms with Crippen LogP contribution in [0.25, 0.3) is 0 Å². The fourth-order valence-corrected chi connectivity index (χ4v) is 1.11. The van der Waals surface area contributed by atoms with E-state index in [0.717, 1.165) is 5.56 Å². The van der Waals surface area contributed by atoms with Gasteiger partial charge in [-0.05, 0) is 12.0 Å². The van der Waals surface area contributed by atoms with E-state index in [4.69, 9.17) is 5.11 Å². The summed E-state index contributed by atoms with van der Waals surface area (Å²) in [5.74, 6) is 0. The third-order valence-corrected chi connectivity index (χ3v) is 1.82. The second-order valence-corrected chi connectivity index (χ2v) is 2.82. The smallest absolute Gasteiger partial charge is 0.0824 e. The summed E-state index contributed by atoms with van der Waals surface area (Å²) in [5.41, 5.74) is 0.907. The minimum atomic E-state index is -0.469. The Morgan fingerprint density at radius 1 is 1.15 bits per heavy atom. The predicted octanol–water partition coefficient (Wildman–Crippen LogP) is 1.66. The van der Waals surface area contributed by atoms with E-state index in [9.17, 15) is 5.11 Å². The molecule has 13 heavy (non-hydrogen) atoms. The maximum atomic E-state index is 9.61. The lowest BCUT2D eigenvalue weighted by Crippen LogP contribution is -1.94. The number of rotatable bonds is 4. The maximum Gasteiger partial charge on any atom is 0.0824 e. The highest BCUT2D eigenvalue weighted by Gasteiger charge is 2.02. The molecule has 0 saturated carbocycles. The van der Waals surface area contributed by atoms with Gasteiger partial charge >= 0.3 is 0 Å². The highest BCUT2D eigenvalue weighted by atomic mass is 16.3. The Bertz CT molecular complexity index is 254. The first kappa shape index (κ1) is 9.96. The van der Waals surface area contributed by atoms with E-state index in [0.29, 0.717) is 6.42 Å². The lowest BCUT2D eigenvalue weighted by molar-refractivity contribution is 0.181. The first-order valence-corrected chi connectivity index (χ1v) is 4.33. The fourth-order valence-electron chi connectivity index (χ4n) is 1.11. The molecule has 2 nitrogen and oxygen atoms in total. The second-order valence-electron chi connectivity index (χ2n) is 2.82. The molecule has 0 saturated heterocycles. The van der Waals surface area contributed by atoms with Crippen LogP contribution in [0.4, 0.5) is 0 Å². The minimum Gasteiger partial charge on any atom is -0.392 e. The summed E-state index contributed by atoms with van der Waals surface area (Å²) in [6.07, 6.45) is 3.48. The van der Waals surface area contributed by atoms with Crippen molar-refractivity contribution in [2.45, 2.75) is 12.5 Å². The van der Waals surface area contributed by atoms with Gasteiger partial charge in [0.05, 0.1) is 12.7 Å². The summed E-state index contributed by atoms with van der Waals surface area (Å²) in [6, 6.07) is 9.48. The molecule has 0 unspecified atom stereocenters. The Morgan fingerprint density at radius 2 is 1.85 bits per heavy atom. The van der Waals surface area contributed by atoms with Crippen molar-refractivity contribution in [3.05, 3.63) is 48.0 Å². The molecular weight excluding hydrogens is 164 g/mol. The van der Waals surface area contributed by atoms with Gasteiger partial charge in [0, 0.05) is 0 Å². The van der Waals surface area contributed by atoms with Gasteiger partial charge in [0.25, 0.3) is 0 Å². The number of benzene rings is 1. The summed E-state index contributed by atoms with van der Waals surface area (Å²) in [7, 11) is 0.